The summed E-state index contributed by atoms with van der Waals surface area (Å²) in [7, 11) is 0. The van der Waals surface area contributed by atoms with E-state index in [9.17, 15) is 4.79 Å². The monoisotopic (exact) mass is 325 g/mol. The minimum atomic E-state index is -0.456. The Hall–Kier alpha value is -1.30. The Morgan fingerprint density at radius 1 is 1.17 bits per heavy atom. The van der Waals surface area contributed by atoms with Crippen LogP contribution in [0.1, 0.15) is 52.9 Å². The van der Waals surface area contributed by atoms with Crippen LogP contribution in [0.5, 0.6) is 0 Å². The number of carbonyl (C=O) groups excluding carboxylic acids is 1. The average Bonchev–Trinajstić information content (AvgIpc) is 2.52. The first-order chi connectivity index (χ1) is 10.9. The van der Waals surface area contributed by atoms with E-state index in [0.29, 0.717) is 19.0 Å². The van der Waals surface area contributed by atoms with E-state index in [0.717, 1.165) is 13.1 Å². The molecule has 0 radical (unpaired) electrons. The van der Waals surface area contributed by atoms with Crippen molar-refractivity contribution in [3.8, 4) is 0 Å². The van der Waals surface area contributed by atoms with Crippen LogP contribution in [-0.4, -0.2) is 65.1 Å². The van der Waals surface area contributed by atoms with Gasteiger partial charge in [0, 0.05) is 26.2 Å². The Kier molecular flexibility index (Phi) is 6.27. The molecule has 6 nitrogen and oxygen atoms in total. The average molecular weight is 325 g/mol. The second-order valence-corrected chi connectivity index (χ2v) is 7.66. The molecule has 1 amide bonds. The quantitative estimate of drug-likeness (QED) is 0.492. The third-order valence-corrected chi connectivity index (χ3v) is 4.74. The van der Waals surface area contributed by atoms with Crippen molar-refractivity contribution in [2.24, 2.45) is 11.1 Å². The van der Waals surface area contributed by atoms with Crippen LogP contribution in [0.25, 0.3) is 0 Å². The maximum absolute atomic E-state index is 12.1. The number of carbonyl (C=O) groups is 1. The molecule has 1 saturated heterocycles. The third kappa shape index (κ3) is 5.37. The Morgan fingerprint density at radius 2 is 1.78 bits per heavy atom. The number of rotatable bonds is 3. The van der Waals surface area contributed by atoms with Crippen molar-refractivity contribution in [1.82, 2.24) is 9.80 Å². The summed E-state index contributed by atoms with van der Waals surface area (Å²) in [5, 5.41) is 12.3. The first-order valence-electron chi connectivity index (χ1n) is 8.80. The van der Waals surface area contributed by atoms with Gasteiger partial charge in [0.1, 0.15) is 5.60 Å². The lowest BCUT2D eigenvalue weighted by Gasteiger charge is -2.41. The number of oxime groups is 1. The van der Waals surface area contributed by atoms with Gasteiger partial charge in [-0.3, -0.25) is 4.90 Å². The van der Waals surface area contributed by atoms with Crippen molar-refractivity contribution >= 4 is 12.3 Å². The van der Waals surface area contributed by atoms with Gasteiger partial charge in [-0.2, -0.15) is 0 Å². The molecule has 1 heterocycles. The van der Waals surface area contributed by atoms with Crippen LogP contribution in [0.15, 0.2) is 5.16 Å². The minimum absolute atomic E-state index is 0.182. The molecular formula is C17H31N3O3. The maximum Gasteiger partial charge on any atom is 0.410 e. The topological polar surface area (TPSA) is 65.4 Å². The molecule has 23 heavy (non-hydrogen) atoms. The molecule has 0 spiro atoms. The fraction of sp³-hybridized carbons (Fsp3) is 0.882. The van der Waals surface area contributed by atoms with Gasteiger partial charge in [0.2, 0.25) is 0 Å². The maximum atomic E-state index is 12.1. The summed E-state index contributed by atoms with van der Waals surface area (Å²) >= 11 is 0. The van der Waals surface area contributed by atoms with Crippen LogP contribution < -0.4 is 0 Å². The molecule has 1 atom stereocenters. The molecule has 2 aliphatic rings. The molecule has 6 heteroatoms. The van der Waals surface area contributed by atoms with Crippen LogP contribution in [0, 0.1) is 5.92 Å². The lowest BCUT2D eigenvalue weighted by Crippen LogP contribution is -2.55. The summed E-state index contributed by atoms with van der Waals surface area (Å²) in [5.41, 5.74) is -0.456. The third-order valence-electron chi connectivity index (χ3n) is 4.74. The largest absolute Gasteiger partial charge is 0.444 e. The van der Waals surface area contributed by atoms with Gasteiger partial charge in [-0.25, -0.2) is 4.79 Å². The molecule has 0 aromatic heterocycles. The standard InChI is InChI=1S/C17H31N3O3/c1-17(2,3)23-16(21)20-11-9-19(10-12-20)15(13-18-22)14-7-5-4-6-8-14/h13-15,22H,4-12H2,1-3H3/b18-13+. The molecule has 2 fully saturated rings. The molecule has 1 N–H and O–H groups in total. The fourth-order valence-corrected chi connectivity index (χ4v) is 3.59. The molecule has 1 aliphatic carbocycles. The van der Waals surface area contributed by atoms with E-state index in [1.54, 1.807) is 11.1 Å². The molecule has 1 aliphatic heterocycles. The Morgan fingerprint density at radius 3 is 2.30 bits per heavy atom. The van der Waals surface area contributed by atoms with Gasteiger partial charge < -0.3 is 14.8 Å². The number of hydrogen-bond donors (Lipinski definition) is 1. The zero-order valence-corrected chi connectivity index (χ0v) is 14.7. The van der Waals surface area contributed by atoms with Gasteiger partial charge >= 0.3 is 6.09 Å². The van der Waals surface area contributed by atoms with Crippen molar-refractivity contribution in [2.45, 2.75) is 64.5 Å². The SMILES string of the molecule is CC(C)(C)OC(=O)N1CCN(C(/C=N/O)C2CCCCC2)CC1. The van der Waals surface area contributed by atoms with Gasteiger partial charge in [0.15, 0.2) is 0 Å². The summed E-state index contributed by atoms with van der Waals surface area (Å²) in [6, 6.07) is 0.182. The van der Waals surface area contributed by atoms with E-state index in [1.165, 1.54) is 32.1 Å². The van der Waals surface area contributed by atoms with Gasteiger partial charge in [-0.15, -0.1) is 5.16 Å². The van der Waals surface area contributed by atoms with Crippen molar-refractivity contribution in [3.05, 3.63) is 0 Å². The number of hydrogen-bond acceptors (Lipinski definition) is 5. The Bertz CT molecular complexity index is 406. The number of nitrogens with zero attached hydrogens (tertiary/aromatic N) is 3. The number of amides is 1. The highest BCUT2D eigenvalue weighted by Crippen LogP contribution is 2.29. The smallest absolute Gasteiger partial charge is 0.410 e. The molecule has 1 unspecified atom stereocenters. The zero-order valence-electron chi connectivity index (χ0n) is 14.7. The molecule has 2 rings (SSSR count). The molecule has 0 aromatic carbocycles. The van der Waals surface area contributed by atoms with Crippen LogP contribution in [0.4, 0.5) is 4.79 Å². The summed E-state index contributed by atoms with van der Waals surface area (Å²) in [5.74, 6) is 0.563. The van der Waals surface area contributed by atoms with Gasteiger partial charge in [-0.05, 0) is 39.5 Å². The van der Waals surface area contributed by atoms with Gasteiger partial charge in [0.05, 0.1) is 12.3 Å². The van der Waals surface area contributed by atoms with E-state index >= 15 is 0 Å². The van der Waals surface area contributed by atoms with Crippen molar-refractivity contribution in [3.63, 3.8) is 0 Å². The predicted octanol–water partition coefficient (Wildman–Crippen LogP) is 2.95. The highest BCUT2D eigenvalue weighted by atomic mass is 16.6. The van der Waals surface area contributed by atoms with Crippen LogP contribution in [-0.2, 0) is 4.74 Å². The highest BCUT2D eigenvalue weighted by molar-refractivity contribution is 5.68. The lowest BCUT2D eigenvalue weighted by molar-refractivity contribution is 0.0101. The zero-order chi connectivity index (χ0) is 16.9. The number of piperazine rings is 1. The van der Waals surface area contributed by atoms with Gasteiger partial charge in [0.25, 0.3) is 0 Å². The van der Waals surface area contributed by atoms with E-state index in [2.05, 4.69) is 10.1 Å². The van der Waals surface area contributed by atoms with Crippen molar-refractivity contribution in [1.29, 1.82) is 0 Å². The summed E-state index contributed by atoms with van der Waals surface area (Å²) in [4.78, 5) is 16.3. The fourth-order valence-electron chi connectivity index (χ4n) is 3.59. The molecule has 0 aromatic rings. The lowest BCUT2D eigenvalue weighted by atomic mass is 9.83. The first-order valence-corrected chi connectivity index (χ1v) is 8.80. The molecule has 1 saturated carbocycles. The van der Waals surface area contributed by atoms with E-state index < -0.39 is 5.60 Å². The molecule has 0 bridgehead atoms. The van der Waals surface area contributed by atoms with Crippen LogP contribution >= 0.6 is 0 Å². The molecular weight excluding hydrogens is 294 g/mol. The first kappa shape index (κ1) is 18.0. The Balaban J connectivity index is 1.89. The van der Waals surface area contributed by atoms with Crippen molar-refractivity contribution < 1.29 is 14.7 Å². The second kappa shape index (κ2) is 7.99. The highest BCUT2D eigenvalue weighted by Gasteiger charge is 2.32. The van der Waals surface area contributed by atoms with Gasteiger partial charge in [-0.1, -0.05) is 19.3 Å². The van der Waals surface area contributed by atoms with E-state index in [-0.39, 0.29) is 12.1 Å². The normalized spacial score (nSPS) is 23.2. The predicted molar refractivity (Wildman–Crippen MR) is 90.0 cm³/mol. The summed E-state index contributed by atoms with van der Waals surface area (Å²) < 4.78 is 5.44. The minimum Gasteiger partial charge on any atom is -0.444 e. The van der Waals surface area contributed by atoms with Crippen LogP contribution in [0.2, 0.25) is 0 Å². The number of ether oxygens (including phenoxy) is 1. The molecule has 132 valence electrons. The summed E-state index contributed by atoms with van der Waals surface area (Å²) in [6.07, 6.45) is 7.68. The van der Waals surface area contributed by atoms with E-state index in [4.69, 9.17) is 9.94 Å². The van der Waals surface area contributed by atoms with Crippen LogP contribution in [0.3, 0.4) is 0 Å². The Labute approximate surface area is 139 Å². The summed E-state index contributed by atoms with van der Waals surface area (Å²) in [6.45, 7) is 8.58. The van der Waals surface area contributed by atoms with Crippen molar-refractivity contribution in [2.75, 3.05) is 26.2 Å². The van der Waals surface area contributed by atoms with E-state index in [1.807, 2.05) is 20.8 Å². The second-order valence-electron chi connectivity index (χ2n) is 7.66.